The van der Waals surface area contributed by atoms with E-state index < -0.39 is 0 Å². The number of hydrogen-bond donors (Lipinski definition) is 0. The van der Waals surface area contributed by atoms with Gasteiger partial charge in [-0.1, -0.05) is 12.2 Å². The molecule has 31 heavy (non-hydrogen) atoms. The summed E-state index contributed by atoms with van der Waals surface area (Å²) in [6.07, 6.45) is 6.64. The van der Waals surface area contributed by atoms with E-state index in [0.717, 1.165) is 34.1 Å². The van der Waals surface area contributed by atoms with E-state index in [4.69, 9.17) is 4.74 Å². The van der Waals surface area contributed by atoms with Crippen molar-refractivity contribution in [1.29, 1.82) is 0 Å². The summed E-state index contributed by atoms with van der Waals surface area (Å²) >= 11 is 0. The summed E-state index contributed by atoms with van der Waals surface area (Å²) in [5.74, 6) is -0.908. The molecule has 2 amide bonds. The number of amides is 2. The number of hydrogen-bond acceptors (Lipinski definition) is 5. The number of esters is 1. The molecule has 2 bridgehead atoms. The molecule has 1 aromatic heterocycles. The van der Waals surface area contributed by atoms with E-state index in [1.165, 1.54) is 7.11 Å². The van der Waals surface area contributed by atoms with E-state index in [0.29, 0.717) is 5.56 Å². The molecule has 0 radical (unpaired) electrons. The van der Waals surface area contributed by atoms with Crippen molar-refractivity contribution >= 4 is 24.0 Å². The largest absolute Gasteiger partial charge is 0.465 e. The lowest BCUT2D eigenvalue weighted by atomic mass is 9.85. The van der Waals surface area contributed by atoms with Crippen LogP contribution in [0.3, 0.4) is 0 Å². The first kappa shape index (κ1) is 19.5. The number of ether oxygens (including phenoxy) is 1. The van der Waals surface area contributed by atoms with Gasteiger partial charge in [-0.15, -0.1) is 0 Å². The van der Waals surface area contributed by atoms with Crippen molar-refractivity contribution < 1.29 is 19.1 Å². The number of fused-ring (bicyclic) bond motifs is 5. The van der Waals surface area contributed by atoms with Gasteiger partial charge in [0.1, 0.15) is 0 Å². The van der Waals surface area contributed by atoms with Crippen molar-refractivity contribution in [2.24, 2.45) is 28.8 Å². The van der Waals surface area contributed by atoms with Crippen molar-refractivity contribution in [3.05, 3.63) is 65.0 Å². The van der Waals surface area contributed by atoms with Crippen LogP contribution >= 0.6 is 0 Å². The van der Waals surface area contributed by atoms with Crippen LogP contribution in [0.1, 0.15) is 33.7 Å². The third kappa shape index (κ3) is 2.87. The minimum atomic E-state index is -0.381. The Morgan fingerprint density at radius 3 is 2.26 bits per heavy atom. The van der Waals surface area contributed by atoms with Crippen LogP contribution in [-0.2, 0) is 14.3 Å². The average molecular weight is 417 g/mol. The molecule has 7 heteroatoms. The van der Waals surface area contributed by atoms with Crippen molar-refractivity contribution in [2.75, 3.05) is 7.11 Å². The third-order valence-corrected chi connectivity index (χ3v) is 6.78. The predicted octanol–water partition coefficient (Wildman–Crippen LogP) is 3.02. The standard InChI is InChI=1S/C24H23N3O4/c1-13-10-18(14(2)26(13)19-8-6-15(7-9-19)24(30)31-3)12-25-27-22(28)20-16-4-5-17(11-16)21(20)23(27)29/h4-10,12,16-17,20-21H,11H2,1-3H3/t16-,17-,20-,21+/m0/s1. The Labute approximate surface area is 180 Å². The summed E-state index contributed by atoms with van der Waals surface area (Å²) in [5.41, 5.74) is 4.10. The summed E-state index contributed by atoms with van der Waals surface area (Å²) in [7, 11) is 1.35. The number of nitrogens with zero attached hydrogens (tertiary/aromatic N) is 3. The normalized spacial score (nSPS) is 26.4. The molecule has 0 unspecified atom stereocenters. The van der Waals surface area contributed by atoms with Crippen LogP contribution < -0.4 is 0 Å². The van der Waals surface area contributed by atoms with Crippen molar-refractivity contribution in [3.63, 3.8) is 0 Å². The topological polar surface area (TPSA) is 81.0 Å². The molecule has 2 fully saturated rings. The van der Waals surface area contributed by atoms with E-state index in [-0.39, 0.29) is 41.5 Å². The number of allylic oxidation sites excluding steroid dienone is 2. The molecule has 1 saturated carbocycles. The van der Waals surface area contributed by atoms with Crippen molar-refractivity contribution in [3.8, 4) is 5.69 Å². The minimum Gasteiger partial charge on any atom is -0.465 e. The molecule has 0 N–H and O–H groups in total. The summed E-state index contributed by atoms with van der Waals surface area (Å²) in [4.78, 5) is 37.3. The number of aryl methyl sites for hydroxylation is 1. The van der Waals surface area contributed by atoms with Gasteiger partial charge >= 0.3 is 5.97 Å². The van der Waals surface area contributed by atoms with E-state index in [1.54, 1.807) is 18.3 Å². The Morgan fingerprint density at radius 1 is 1.06 bits per heavy atom. The maximum atomic E-state index is 12.8. The van der Waals surface area contributed by atoms with Gasteiger partial charge in [0, 0.05) is 22.6 Å². The predicted molar refractivity (Wildman–Crippen MR) is 114 cm³/mol. The number of imide groups is 1. The summed E-state index contributed by atoms with van der Waals surface area (Å²) in [5, 5.41) is 5.37. The van der Waals surface area contributed by atoms with Gasteiger partial charge < -0.3 is 9.30 Å². The molecule has 1 aliphatic heterocycles. The Morgan fingerprint density at radius 2 is 1.68 bits per heavy atom. The first-order valence-electron chi connectivity index (χ1n) is 10.4. The highest BCUT2D eigenvalue weighted by atomic mass is 16.5. The Balaban J connectivity index is 1.40. The zero-order chi connectivity index (χ0) is 21.9. The highest BCUT2D eigenvalue weighted by Crippen LogP contribution is 2.52. The summed E-state index contributed by atoms with van der Waals surface area (Å²) in [6, 6.07) is 9.10. The number of aromatic nitrogens is 1. The molecule has 2 aliphatic carbocycles. The molecule has 1 saturated heterocycles. The smallest absolute Gasteiger partial charge is 0.337 e. The van der Waals surface area contributed by atoms with Crippen molar-refractivity contribution in [1.82, 2.24) is 9.58 Å². The van der Waals surface area contributed by atoms with Gasteiger partial charge in [-0.25, -0.2) is 4.79 Å². The zero-order valence-electron chi connectivity index (χ0n) is 17.6. The second-order valence-corrected chi connectivity index (χ2v) is 8.43. The minimum absolute atomic E-state index is 0.171. The van der Waals surface area contributed by atoms with Gasteiger partial charge in [0.2, 0.25) is 0 Å². The quantitative estimate of drug-likeness (QED) is 0.331. The molecule has 2 heterocycles. The van der Waals surface area contributed by atoms with Crippen LogP contribution in [0.5, 0.6) is 0 Å². The van der Waals surface area contributed by atoms with Crippen LogP contribution in [0.4, 0.5) is 0 Å². The summed E-state index contributed by atoms with van der Waals surface area (Å²) < 4.78 is 6.79. The maximum Gasteiger partial charge on any atom is 0.337 e. The van der Waals surface area contributed by atoms with Crippen LogP contribution in [0.2, 0.25) is 0 Å². The fraction of sp³-hybridized carbons (Fsp3) is 0.333. The zero-order valence-corrected chi connectivity index (χ0v) is 17.6. The molecular weight excluding hydrogens is 394 g/mol. The molecule has 0 spiro atoms. The number of rotatable bonds is 4. The van der Waals surface area contributed by atoms with Gasteiger partial charge in [-0.3, -0.25) is 9.59 Å². The van der Waals surface area contributed by atoms with E-state index in [1.807, 2.05) is 36.6 Å². The van der Waals surface area contributed by atoms with E-state index in [2.05, 4.69) is 17.3 Å². The lowest BCUT2D eigenvalue weighted by Crippen LogP contribution is -2.28. The molecule has 7 nitrogen and oxygen atoms in total. The molecule has 158 valence electrons. The highest BCUT2D eigenvalue weighted by molar-refractivity contribution is 6.06. The lowest BCUT2D eigenvalue weighted by molar-refractivity contribution is -0.140. The molecule has 1 aromatic carbocycles. The number of carbonyl (C=O) groups excluding carboxylic acids is 3. The first-order valence-corrected chi connectivity index (χ1v) is 10.4. The third-order valence-electron chi connectivity index (χ3n) is 6.78. The van der Waals surface area contributed by atoms with Gasteiger partial charge in [-0.05, 0) is 62.4 Å². The molecule has 5 rings (SSSR count). The Bertz CT molecular complexity index is 1130. The highest BCUT2D eigenvalue weighted by Gasteiger charge is 2.59. The molecule has 2 aromatic rings. The van der Waals surface area contributed by atoms with Crippen LogP contribution in [0.15, 0.2) is 47.6 Å². The van der Waals surface area contributed by atoms with Gasteiger partial charge in [0.25, 0.3) is 11.8 Å². The van der Waals surface area contributed by atoms with E-state index in [9.17, 15) is 14.4 Å². The second kappa shape index (κ2) is 7.04. The second-order valence-electron chi connectivity index (χ2n) is 8.43. The Kier molecular flexibility index (Phi) is 4.43. The fourth-order valence-electron chi connectivity index (χ4n) is 5.30. The van der Waals surface area contributed by atoms with Crippen molar-refractivity contribution in [2.45, 2.75) is 20.3 Å². The number of benzene rings is 1. The van der Waals surface area contributed by atoms with Crippen LogP contribution in [0.25, 0.3) is 5.69 Å². The van der Waals surface area contributed by atoms with Crippen LogP contribution in [-0.4, -0.2) is 40.7 Å². The summed E-state index contributed by atoms with van der Waals surface area (Å²) in [6.45, 7) is 3.92. The Hall–Kier alpha value is -3.48. The van der Waals surface area contributed by atoms with Crippen LogP contribution in [0, 0.1) is 37.5 Å². The first-order chi connectivity index (χ1) is 14.9. The van der Waals surface area contributed by atoms with Gasteiger partial charge in [0.15, 0.2) is 0 Å². The average Bonchev–Trinajstić information content (AvgIpc) is 3.51. The number of hydrazone groups is 1. The fourth-order valence-corrected chi connectivity index (χ4v) is 5.30. The monoisotopic (exact) mass is 417 g/mol. The van der Waals surface area contributed by atoms with E-state index >= 15 is 0 Å². The number of methoxy groups -OCH3 is 1. The van der Waals surface area contributed by atoms with Gasteiger partial charge in [0.05, 0.1) is 30.7 Å². The van der Waals surface area contributed by atoms with Gasteiger partial charge in [-0.2, -0.15) is 10.1 Å². The SMILES string of the molecule is COC(=O)c1ccc(-n2c(C)cc(C=NN3C(=O)[C@@H]4[C@H](C3=O)[C@H]3C=C[C@H]4C3)c2C)cc1. The molecule has 4 atom stereocenters. The maximum absolute atomic E-state index is 12.8. The lowest BCUT2D eigenvalue weighted by Gasteiger charge is -2.13. The molecule has 3 aliphatic rings. The molecular formula is C24H23N3O4. The number of carbonyl (C=O) groups is 3.